The zero-order valence-electron chi connectivity index (χ0n) is 13.3. The molecule has 2 amide bonds. The molecule has 2 fully saturated rings. The van der Waals surface area contributed by atoms with Gasteiger partial charge in [0.25, 0.3) is 0 Å². The second-order valence-electron chi connectivity index (χ2n) is 7.20. The first kappa shape index (κ1) is 15.3. The summed E-state index contributed by atoms with van der Waals surface area (Å²) >= 11 is 0. The van der Waals surface area contributed by atoms with Crippen LogP contribution in [0.25, 0.3) is 0 Å². The summed E-state index contributed by atoms with van der Waals surface area (Å²) in [6, 6.07) is 0. The number of nitrogens with one attached hydrogen (secondary N) is 1. The molecule has 114 valence electrons. The largest absolute Gasteiger partial charge is 0.339 e. The lowest BCUT2D eigenvalue weighted by Gasteiger charge is -2.29. The van der Waals surface area contributed by atoms with Gasteiger partial charge in [-0.25, -0.2) is 0 Å². The molecule has 1 N–H and O–H groups in total. The summed E-state index contributed by atoms with van der Waals surface area (Å²) in [5, 5.41) is 3.22. The Labute approximate surface area is 121 Å². The van der Waals surface area contributed by atoms with Crippen molar-refractivity contribution in [2.75, 3.05) is 39.8 Å². The fourth-order valence-electron chi connectivity index (χ4n) is 3.33. The van der Waals surface area contributed by atoms with Crippen molar-refractivity contribution >= 4 is 11.8 Å². The normalized spacial score (nSPS) is 24.4. The molecule has 0 unspecified atom stereocenters. The van der Waals surface area contributed by atoms with E-state index in [1.165, 1.54) is 0 Å². The van der Waals surface area contributed by atoms with Crippen LogP contribution in [-0.2, 0) is 9.59 Å². The smallest absolute Gasteiger partial charge is 0.242 e. The first-order valence-corrected chi connectivity index (χ1v) is 7.43. The standard InChI is InChI=1S/C15H27N3O2/c1-14(2)12(15(14,3)4)13(20)17(5)10-11(19)18-8-6-16-7-9-18/h12,16H,6-10H2,1-5H3. The summed E-state index contributed by atoms with van der Waals surface area (Å²) in [5.41, 5.74) is 0.0485. The molecule has 5 nitrogen and oxygen atoms in total. The highest BCUT2D eigenvalue weighted by atomic mass is 16.2. The molecule has 0 spiro atoms. The van der Waals surface area contributed by atoms with Crippen LogP contribution in [0.4, 0.5) is 0 Å². The highest BCUT2D eigenvalue weighted by Crippen LogP contribution is 2.68. The van der Waals surface area contributed by atoms with Crippen LogP contribution in [0.3, 0.4) is 0 Å². The second-order valence-corrected chi connectivity index (χ2v) is 7.20. The van der Waals surface area contributed by atoms with Crippen LogP contribution >= 0.6 is 0 Å². The SMILES string of the molecule is CN(CC(=O)N1CCNCC1)C(=O)C1C(C)(C)C1(C)C. The van der Waals surface area contributed by atoms with Gasteiger partial charge in [-0.1, -0.05) is 27.7 Å². The van der Waals surface area contributed by atoms with Crippen LogP contribution in [-0.4, -0.2) is 61.4 Å². The van der Waals surface area contributed by atoms with Gasteiger partial charge in [-0.05, 0) is 10.8 Å². The van der Waals surface area contributed by atoms with Gasteiger partial charge in [0.05, 0.1) is 6.54 Å². The zero-order valence-corrected chi connectivity index (χ0v) is 13.3. The fourth-order valence-corrected chi connectivity index (χ4v) is 3.33. The minimum atomic E-state index is 0.0239. The lowest BCUT2D eigenvalue weighted by Crippen LogP contribution is -2.50. The summed E-state index contributed by atoms with van der Waals surface area (Å²) in [7, 11) is 1.74. The van der Waals surface area contributed by atoms with Crippen LogP contribution in [0.1, 0.15) is 27.7 Å². The third-order valence-corrected chi connectivity index (χ3v) is 5.49. The predicted molar refractivity (Wildman–Crippen MR) is 78.1 cm³/mol. The molecule has 0 aromatic carbocycles. The van der Waals surface area contributed by atoms with Crippen LogP contribution in [0, 0.1) is 16.7 Å². The molecule has 2 rings (SSSR count). The van der Waals surface area contributed by atoms with E-state index in [4.69, 9.17) is 0 Å². The van der Waals surface area contributed by atoms with Gasteiger partial charge in [0.15, 0.2) is 0 Å². The molecule has 0 atom stereocenters. The summed E-state index contributed by atoms with van der Waals surface area (Å²) in [6.07, 6.45) is 0. The predicted octanol–water partition coefficient (Wildman–Crippen LogP) is 0.559. The molecular formula is C15H27N3O2. The van der Waals surface area contributed by atoms with Crippen LogP contribution in [0.15, 0.2) is 0 Å². The van der Waals surface area contributed by atoms with Crippen molar-refractivity contribution in [3.8, 4) is 0 Å². The van der Waals surface area contributed by atoms with E-state index in [1.807, 2.05) is 4.90 Å². The van der Waals surface area contributed by atoms with E-state index in [9.17, 15) is 9.59 Å². The number of hydrogen-bond donors (Lipinski definition) is 1. The molecule has 0 aromatic rings. The molecule has 0 bridgehead atoms. The summed E-state index contributed by atoms with van der Waals surface area (Å²) in [6.45, 7) is 11.9. The van der Waals surface area contributed by atoms with Crippen molar-refractivity contribution in [2.24, 2.45) is 16.7 Å². The molecule has 2 aliphatic rings. The third kappa shape index (κ3) is 2.43. The number of carbonyl (C=O) groups excluding carboxylic acids is 2. The first-order valence-electron chi connectivity index (χ1n) is 7.43. The molecule has 0 aromatic heterocycles. The molecular weight excluding hydrogens is 254 g/mol. The second kappa shape index (κ2) is 5.02. The number of likely N-dealkylation sites (N-methyl/N-ethyl adjacent to an activating group) is 1. The number of rotatable bonds is 3. The van der Waals surface area contributed by atoms with Crippen LogP contribution < -0.4 is 5.32 Å². The van der Waals surface area contributed by atoms with Gasteiger partial charge < -0.3 is 15.1 Å². The number of nitrogens with zero attached hydrogens (tertiary/aromatic N) is 2. The van der Waals surface area contributed by atoms with E-state index in [0.29, 0.717) is 0 Å². The Morgan fingerprint density at radius 3 is 2.10 bits per heavy atom. The Kier molecular flexibility index (Phi) is 3.84. The monoisotopic (exact) mass is 281 g/mol. The number of piperazine rings is 1. The lowest BCUT2D eigenvalue weighted by atomic mass is 10.0. The van der Waals surface area contributed by atoms with Crippen molar-refractivity contribution in [3.05, 3.63) is 0 Å². The lowest BCUT2D eigenvalue weighted by molar-refractivity contribution is -0.141. The quantitative estimate of drug-likeness (QED) is 0.822. The van der Waals surface area contributed by atoms with Crippen LogP contribution in [0.2, 0.25) is 0 Å². The molecule has 0 radical (unpaired) electrons. The zero-order chi connectivity index (χ0) is 15.1. The van der Waals surface area contributed by atoms with E-state index in [1.54, 1.807) is 11.9 Å². The maximum Gasteiger partial charge on any atom is 0.242 e. The average Bonchev–Trinajstić information content (AvgIpc) is 2.79. The summed E-state index contributed by atoms with van der Waals surface area (Å²) in [5.74, 6) is 0.179. The molecule has 1 aliphatic heterocycles. The molecule has 1 saturated carbocycles. The van der Waals surface area contributed by atoms with E-state index in [2.05, 4.69) is 33.0 Å². The maximum absolute atomic E-state index is 12.5. The number of hydrogen-bond acceptors (Lipinski definition) is 3. The fraction of sp³-hybridized carbons (Fsp3) is 0.867. The number of amides is 2. The summed E-state index contributed by atoms with van der Waals surface area (Å²) < 4.78 is 0. The van der Waals surface area contributed by atoms with Crippen molar-refractivity contribution in [1.82, 2.24) is 15.1 Å². The van der Waals surface area contributed by atoms with Crippen molar-refractivity contribution < 1.29 is 9.59 Å². The Bertz CT molecular complexity index is 397. The van der Waals surface area contributed by atoms with E-state index in [0.717, 1.165) is 26.2 Å². The van der Waals surface area contributed by atoms with Gasteiger partial charge in [-0.3, -0.25) is 9.59 Å². The highest BCUT2D eigenvalue weighted by molar-refractivity contribution is 5.88. The Morgan fingerprint density at radius 2 is 1.65 bits per heavy atom. The van der Waals surface area contributed by atoms with E-state index < -0.39 is 0 Å². The molecule has 1 aliphatic carbocycles. The van der Waals surface area contributed by atoms with Crippen molar-refractivity contribution in [1.29, 1.82) is 0 Å². The average molecular weight is 281 g/mol. The molecule has 5 heteroatoms. The minimum Gasteiger partial charge on any atom is -0.339 e. The topological polar surface area (TPSA) is 52.7 Å². The maximum atomic E-state index is 12.5. The van der Waals surface area contributed by atoms with Gasteiger partial charge in [-0.15, -0.1) is 0 Å². The van der Waals surface area contributed by atoms with E-state index >= 15 is 0 Å². The third-order valence-electron chi connectivity index (χ3n) is 5.49. The van der Waals surface area contributed by atoms with Gasteiger partial charge in [0, 0.05) is 39.1 Å². The molecule has 20 heavy (non-hydrogen) atoms. The Hall–Kier alpha value is -1.10. The number of carbonyl (C=O) groups is 2. The van der Waals surface area contributed by atoms with Gasteiger partial charge in [-0.2, -0.15) is 0 Å². The van der Waals surface area contributed by atoms with Crippen LogP contribution in [0.5, 0.6) is 0 Å². The molecule has 1 heterocycles. The Morgan fingerprint density at radius 1 is 1.15 bits per heavy atom. The van der Waals surface area contributed by atoms with Gasteiger partial charge >= 0.3 is 0 Å². The van der Waals surface area contributed by atoms with E-state index in [-0.39, 0.29) is 35.1 Å². The molecule has 1 saturated heterocycles. The van der Waals surface area contributed by atoms with Gasteiger partial charge in [0.1, 0.15) is 0 Å². The first-order chi connectivity index (χ1) is 9.19. The van der Waals surface area contributed by atoms with Gasteiger partial charge in [0.2, 0.25) is 11.8 Å². The highest BCUT2D eigenvalue weighted by Gasteiger charge is 2.68. The van der Waals surface area contributed by atoms with Crippen molar-refractivity contribution in [2.45, 2.75) is 27.7 Å². The summed E-state index contributed by atoms with van der Waals surface area (Å²) in [4.78, 5) is 28.1. The Balaban J connectivity index is 1.90. The minimum absolute atomic E-state index is 0.0239. The van der Waals surface area contributed by atoms with Crippen molar-refractivity contribution in [3.63, 3.8) is 0 Å².